The van der Waals surface area contributed by atoms with Gasteiger partial charge in [0, 0.05) is 37.4 Å². The minimum absolute atomic E-state index is 0.0482. The summed E-state index contributed by atoms with van der Waals surface area (Å²) in [6.07, 6.45) is 1.45. The van der Waals surface area contributed by atoms with Crippen LogP contribution in [0.15, 0.2) is 24.5 Å². The van der Waals surface area contributed by atoms with E-state index in [0.29, 0.717) is 6.42 Å². The van der Waals surface area contributed by atoms with Gasteiger partial charge in [-0.15, -0.1) is 0 Å². The van der Waals surface area contributed by atoms with E-state index in [1.807, 2.05) is 17.0 Å². The van der Waals surface area contributed by atoms with E-state index in [1.54, 1.807) is 12.4 Å². The number of nitrogens with one attached hydrogen (secondary N) is 1. The van der Waals surface area contributed by atoms with Crippen molar-refractivity contribution < 1.29 is 22.7 Å². The minimum atomic E-state index is -4.32. The van der Waals surface area contributed by atoms with Crippen LogP contribution < -0.4 is 5.32 Å². The number of aromatic nitrogens is 1. The van der Waals surface area contributed by atoms with Gasteiger partial charge in [-0.25, -0.2) is 0 Å². The highest BCUT2D eigenvalue weighted by molar-refractivity contribution is 5.81. The molecular formula is C16H20F3N3O2. The second-order valence-electron chi connectivity index (χ2n) is 6.20. The summed E-state index contributed by atoms with van der Waals surface area (Å²) in [5.74, 6) is 0.0834. The molecule has 24 heavy (non-hydrogen) atoms. The first kappa shape index (κ1) is 17.2. The predicted octanol–water partition coefficient (Wildman–Crippen LogP) is 2.05. The number of amides is 1. The molecule has 1 saturated heterocycles. The van der Waals surface area contributed by atoms with Gasteiger partial charge in [-0.05, 0) is 24.5 Å². The van der Waals surface area contributed by atoms with E-state index in [1.165, 1.54) is 0 Å². The summed E-state index contributed by atoms with van der Waals surface area (Å²) in [6, 6.07) is 3.77. The molecule has 1 aromatic heterocycles. The number of rotatable bonds is 7. The number of alkyl halides is 3. The van der Waals surface area contributed by atoms with Crippen molar-refractivity contribution in [3.8, 4) is 0 Å². The van der Waals surface area contributed by atoms with Crippen LogP contribution in [0.2, 0.25) is 0 Å². The van der Waals surface area contributed by atoms with Crippen LogP contribution in [-0.4, -0.2) is 53.8 Å². The average Bonchev–Trinajstić information content (AvgIpc) is 3.30. The van der Waals surface area contributed by atoms with Gasteiger partial charge in [0.25, 0.3) is 0 Å². The average molecular weight is 343 g/mol. The van der Waals surface area contributed by atoms with Crippen molar-refractivity contribution in [2.24, 2.45) is 0 Å². The zero-order chi connectivity index (χ0) is 17.2. The Hall–Kier alpha value is -1.67. The molecule has 2 aliphatic rings. The lowest BCUT2D eigenvalue weighted by molar-refractivity contribution is -0.173. The van der Waals surface area contributed by atoms with E-state index in [9.17, 15) is 18.0 Å². The number of nitrogens with zero attached hydrogens (tertiary/aromatic N) is 2. The molecule has 0 spiro atoms. The lowest BCUT2D eigenvalue weighted by Gasteiger charge is -2.29. The van der Waals surface area contributed by atoms with Crippen LogP contribution in [0, 0.1) is 0 Å². The standard InChI is InChI=1S/C16H20F3N3O2/c17-16(18,19)10-24-7-6-21-13-8-14(23)22(12-3-4-12)15(13)11-2-1-5-20-9-11/h1-2,5,9,12-13,15,21H,3-4,6-8,10H2/t13-,15+/m1/s1. The van der Waals surface area contributed by atoms with Gasteiger partial charge in [0.05, 0.1) is 12.6 Å². The first-order valence-electron chi connectivity index (χ1n) is 8.04. The van der Waals surface area contributed by atoms with Crippen molar-refractivity contribution in [3.63, 3.8) is 0 Å². The maximum absolute atomic E-state index is 12.4. The van der Waals surface area contributed by atoms with Crippen LogP contribution in [0.3, 0.4) is 0 Å². The van der Waals surface area contributed by atoms with Gasteiger partial charge >= 0.3 is 6.18 Å². The molecule has 5 nitrogen and oxygen atoms in total. The number of pyridine rings is 1. The topological polar surface area (TPSA) is 54.5 Å². The molecule has 2 fully saturated rings. The van der Waals surface area contributed by atoms with E-state index in [2.05, 4.69) is 15.0 Å². The summed E-state index contributed by atoms with van der Waals surface area (Å²) in [7, 11) is 0. The van der Waals surface area contributed by atoms with Crippen molar-refractivity contribution in [2.45, 2.75) is 43.6 Å². The smallest absolute Gasteiger partial charge is 0.371 e. The molecule has 0 radical (unpaired) electrons. The summed E-state index contributed by atoms with van der Waals surface area (Å²) in [6.45, 7) is -1.03. The first-order chi connectivity index (χ1) is 11.5. The maximum atomic E-state index is 12.4. The highest BCUT2D eigenvalue weighted by Crippen LogP contribution is 2.41. The highest BCUT2D eigenvalue weighted by Gasteiger charge is 2.47. The third kappa shape index (κ3) is 4.24. The van der Waals surface area contributed by atoms with Crippen molar-refractivity contribution in [1.82, 2.24) is 15.2 Å². The van der Waals surface area contributed by atoms with Crippen molar-refractivity contribution >= 4 is 5.91 Å². The fourth-order valence-electron chi connectivity index (χ4n) is 3.17. The number of carbonyl (C=O) groups excluding carboxylic acids is 1. The van der Waals surface area contributed by atoms with Crippen molar-refractivity contribution in [3.05, 3.63) is 30.1 Å². The summed E-state index contributed by atoms with van der Waals surface area (Å²) < 4.78 is 40.8. The Balaban J connectivity index is 1.60. The summed E-state index contributed by atoms with van der Waals surface area (Å²) >= 11 is 0. The molecule has 2 heterocycles. The molecule has 1 aliphatic carbocycles. The number of ether oxygens (including phenoxy) is 1. The molecule has 0 bridgehead atoms. The second kappa shape index (κ2) is 7.06. The Labute approximate surface area is 138 Å². The normalized spacial score (nSPS) is 24.6. The van der Waals surface area contributed by atoms with Gasteiger partial charge < -0.3 is 15.0 Å². The Kier molecular flexibility index (Phi) is 5.05. The van der Waals surface area contributed by atoms with Crippen molar-refractivity contribution in [2.75, 3.05) is 19.8 Å². The van der Waals surface area contributed by atoms with E-state index >= 15 is 0 Å². The molecule has 0 unspecified atom stereocenters. The molecule has 3 rings (SSSR count). The van der Waals surface area contributed by atoms with Crippen LogP contribution in [0.4, 0.5) is 13.2 Å². The van der Waals surface area contributed by atoms with Crippen LogP contribution in [-0.2, 0) is 9.53 Å². The van der Waals surface area contributed by atoms with Gasteiger partial charge in [-0.1, -0.05) is 6.07 Å². The molecule has 0 aromatic carbocycles. The zero-order valence-corrected chi connectivity index (χ0v) is 13.1. The van der Waals surface area contributed by atoms with E-state index in [0.717, 1.165) is 18.4 Å². The fraction of sp³-hybridized carbons (Fsp3) is 0.625. The minimum Gasteiger partial charge on any atom is -0.371 e. The molecule has 1 amide bonds. The van der Waals surface area contributed by atoms with Gasteiger partial charge in [0.2, 0.25) is 5.91 Å². The molecule has 1 aromatic rings. The highest BCUT2D eigenvalue weighted by atomic mass is 19.4. The monoisotopic (exact) mass is 343 g/mol. The van der Waals surface area contributed by atoms with Gasteiger partial charge in [0.1, 0.15) is 6.61 Å². The molecular weight excluding hydrogens is 323 g/mol. The van der Waals surface area contributed by atoms with Crippen LogP contribution in [0.25, 0.3) is 0 Å². The molecule has 1 saturated carbocycles. The predicted molar refractivity (Wildman–Crippen MR) is 80.1 cm³/mol. The number of hydrogen-bond acceptors (Lipinski definition) is 4. The van der Waals surface area contributed by atoms with Crippen LogP contribution in [0.5, 0.6) is 0 Å². The van der Waals surface area contributed by atoms with E-state index in [-0.39, 0.29) is 37.2 Å². The van der Waals surface area contributed by atoms with Crippen molar-refractivity contribution in [1.29, 1.82) is 0 Å². The van der Waals surface area contributed by atoms with Gasteiger partial charge in [-0.3, -0.25) is 9.78 Å². The number of halogens is 3. The molecule has 1 aliphatic heterocycles. The van der Waals surface area contributed by atoms with Gasteiger partial charge in [0.15, 0.2) is 0 Å². The fourth-order valence-corrected chi connectivity index (χ4v) is 3.17. The second-order valence-corrected chi connectivity index (χ2v) is 6.20. The van der Waals surface area contributed by atoms with E-state index < -0.39 is 12.8 Å². The number of hydrogen-bond donors (Lipinski definition) is 1. The van der Waals surface area contributed by atoms with Crippen LogP contribution >= 0.6 is 0 Å². The SMILES string of the molecule is O=C1C[C@@H](NCCOCC(F)(F)F)[C@H](c2cccnc2)N1C1CC1. The third-order valence-corrected chi connectivity index (χ3v) is 4.25. The van der Waals surface area contributed by atoms with Gasteiger partial charge in [-0.2, -0.15) is 13.2 Å². The molecule has 8 heteroatoms. The molecule has 2 atom stereocenters. The largest absolute Gasteiger partial charge is 0.411 e. The zero-order valence-electron chi connectivity index (χ0n) is 13.1. The number of likely N-dealkylation sites (tertiary alicyclic amines) is 1. The Morgan fingerprint density at radius 2 is 2.17 bits per heavy atom. The lowest BCUT2D eigenvalue weighted by Crippen LogP contribution is -2.39. The Morgan fingerprint density at radius 3 is 2.79 bits per heavy atom. The quantitative estimate of drug-likeness (QED) is 0.770. The third-order valence-electron chi connectivity index (χ3n) is 4.25. The molecule has 1 N–H and O–H groups in total. The van der Waals surface area contributed by atoms with E-state index in [4.69, 9.17) is 0 Å². The molecule has 132 valence electrons. The lowest BCUT2D eigenvalue weighted by atomic mass is 10.0. The van der Waals surface area contributed by atoms with Crippen LogP contribution in [0.1, 0.15) is 30.9 Å². The Bertz CT molecular complexity index is 563. The summed E-state index contributed by atoms with van der Waals surface area (Å²) in [5, 5.41) is 3.18. The number of carbonyl (C=O) groups is 1. The maximum Gasteiger partial charge on any atom is 0.411 e. The first-order valence-corrected chi connectivity index (χ1v) is 8.04. The Morgan fingerprint density at radius 1 is 1.38 bits per heavy atom. The summed E-state index contributed by atoms with van der Waals surface area (Å²) in [5.41, 5.74) is 0.948. The summed E-state index contributed by atoms with van der Waals surface area (Å²) in [4.78, 5) is 18.4.